The van der Waals surface area contributed by atoms with Crippen molar-refractivity contribution in [3.8, 4) is 11.6 Å². The van der Waals surface area contributed by atoms with Crippen LogP contribution in [0.15, 0.2) is 51.1 Å². The number of fused-ring (bicyclic) bond motifs is 1. The first-order valence-corrected chi connectivity index (χ1v) is 11.7. The van der Waals surface area contributed by atoms with E-state index in [1.54, 1.807) is 0 Å². The molecule has 0 aliphatic carbocycles. The number of azo groups is 1. The molecular formula is C24H28BrN5O3. The van der Waals surface area contributed by atoms with Gasteiger partial charge in [-0.2, -0.15) is 0 Å². The Hall–Kier alpha value is -2.75. The molecule has 0 bridgehead atoms. The van der Waals surface area contributed by atoms with E-state index in [4.69, 9.17) is 4.74 Å². The SMILES string of the molecule is Cc1cccc(C)c1OCC(=O)N=Nc1c(O)n(CN2CCN(C)CC2)c2ccc(Br)cc12. The number of para-hydroxylation sites is 1. The van der Waals surface area contributed by atoms with Crippen molar-refractivity contribution in [3.63, 3.8) is 0 Å². The van der Waals surface area contributed by atoms with E-state index in [2.05, 4.69) is 43.0 Å². The van der Waals surface area contributed by atoms with Crippen molar-refractivity contribution in [2.24, 2.45) is 10.2 Å². The summed E-state index contributed by atoms with van der Waals surface area (Å²) in [5.41, 5.74) is 3.02. The standard InChI is InChI=1S/C24H28BrN5O3/c1-16-5-4-6-17(2)23(16)33-14-21(31)26-27-22-19-13-18(25)7-8-20(19)30(24(22)32)15-29-11-9-28(3)10-12-29/h4-8,13,32H,9-12,14-15H2,1-3H3. The van der Waals surface area contributed by atoms with Gasteiger partial charge in [0.2, 0.25) is 5.88 Å². The molecule has 1 aromatic heterocycles. The first-order valence-electron chi connectivity index (χ1n) is 10.9. The molecule has 1 aliphatic heterocycles. The van der Waals surface area contributed by atoms with Crippen LogP contribution in [0.25, 0.3) is 10.9 Å². The number of piperazine rings is 1. The van der Waals surface area contributed by atoms with Gasteiger partial charge in [0.1, 0.15) is 5.75 Å². The largest absolute Gasteiger partial charge is 0.493 e. The summed E-state index contributed by atoms with van der Waals surface area (Å²) in [4.78, 5) is 17.0. The Morgan fingerprint density at radius 1 is 1.12 bits per heavy atom. The molecule has 0 radical (unpaired) electrons. The highest BCUT2D eigenvalue weighted by Gasteiger charge is 2.21. The van der Waals surface area contributed by atoms with Gasteiger partial charge in [-0.1, -0.05) is 34.1 Å². The normalized spacial score (nSPS) is 15.5. The Morgan fingerprint density at radius 3 is 2.52 bits per heavy atom. The number of ether oxygens (including phenoxy) is 1. The van der Waals surface area contributed by atoms with Crippen LogP contribution in [0.3, 0.4) is 0 Å². The number of carbonyl (C=O) groups is 1. The molecule has 0 atom stereocenters. The highest BCUT2D eigenvalue weighted by Crippen LogP contribution is 2.40. The number of amides is 1. The van der Waals surface area contributed by atoms with Gasteiger partial charge in [0.15, 0.2) is 12.3 Å². The molecule has 9 heteroatoms. The number of hydrogen-bond donors (Lipinski definition) is 1. The van der Waals surface area contributed by atoms with E-state index in [1.807, 2.05) is 54.8 Å². The second kappa shape index (κ2) is 10.0. The minimum atomic E-state index is -0.521. The zero-order chi connectivity index (χ0) is 23.5. The average Bonchev–Trinajstić information content (AvgIpc) is 3.03. The summed E-state index contributed by atoms with van der Waals surface area (Å²) in [7, 11) is 2.11. The van der Waals surface area contributed by atoms with Crippen LogP contribution in [0, 0.1) is 13.8 Å². The summed E-state index contributed by atoms with van der Waals surface area (Å²) in [6.07, 6.45) is 0. The third kappa shape index (κ3) is 5.26. The van der Waals surface area contributed by atoms with Crippen LogP contribution in [-0.2, 0) is 11.5 Å². The van der Waals surface area contributed by atoms with Crippen molar-refractivity contribution in [1.82, 2.24) is 14.4 Å². The molecule has 174 valence electrons. The number of carbonyl (C=O) groups excluding carboxylic acids is 1. The Kier molecular flexibility index (Phi) is 7.11. The van der Waals surface area contributed by atoms with Gasteiger partial charge in [-0.3, -0.25) is 14.3 Å². The minimum absolute atomic E-state index is 0.00533. The summed E-state index contributed by atoms with van der Waals surface area (Å²) in [6, 6.07) is 11.5. The van der Waals surface area contributed by atoms with Crippen molar-refractivity contribution >= 4 is 38.4 Å². The maximum absolute atomic E-state index is 12.4. The van der Waals surface area contributed by atoms with Crippen LogP contribution in [0.1, 0.15) is 11.1 Å². The third-order valence-electron chi connectivity index (χ3n) is 5.92. The summed E-state index contributed by atoms with van der Waals surface area (Å²) < 4.78 is 8.35. The monoisotopic (exact) mass is 513 g/mol. The van der Waals surface area contributed by atoms with Gasteiger partial charge >= 0.3 is 5.91 Å². The highest BCUT2D eigenvalue weighted by atomic mass is 79.9. The Labute approximate surface area is 201 Å². The summed E-state index contributed by atoms with van der Waals surface area (Å²) >= 11 is 3.48. The molecule has 0 unspecified atom stereocenters. The van der Waals surface area contributed by atoms with Gasteiger partial charge in [-0.25, -0.2) is 0 Å². The lowest BCUT2D eigenvalue weighted by Gasteiger charge is -2.32. The van der Waals surface area contributed by atoms with Crippen molar-refractivity contribution < 1.29 is 14.6 Å². The van der Waals surface area contributed by atoms with Crippen molar-refractivity contribution in [1.29, 1.82) is 0 Å². The van der Waals surface area contributed by atoms with Crippen LogP contribution in [0.2, 0.25) is 0 Å². The number of aryl methyl sites for hydroxylation is 2. The molecule has 1 N–H and O–H groups in total. The molecule has 3 aromatic rings. The molecule has 1 fully saturated rings. The number of nitrogens with zero attached hydrogens (tertiary/aromatic N) is 5. The molecule has 2 heterocycles. The van der Waals surface area contributed by atoms with E-state index in [9.17, 15) is 9.90 Å². The number of hydrogen-bond acceptors (Lipinski definition) is 6. The van der Waals surface area contributed by atoms with Crippen LogP contribution >= 0.6 is 15.9 Å². The van der Waals surface area contributed by atoms with Crippen LogP contribution in [-0.4, -0.2) is 65.2 Å². The van der Waals surface area contributed by atoms with E-state index >= 15 is 0 Å². The Balaban J connectivity index is 1.55. The van der Waals surface area contributed by atoms with E-state index in [0.29, 0.717) is 12.4 Å². The third-order valence-corrected chi connectivity index (χ3v) is 6.41. The van der Waals surface area contributed by atoms with E-state index in [-0.39, 0.29) is 18.2 Å². The van der Waals surface area contributed by atoms with Crippen molar-refractivity contribution in [3.05, 3.63) is 52.0 Å². The van der Waals surface area contributed by atoms with Gasteiger partial charge in [-0.15, -0.1) is 10.2 Å². The maximum Gasteiger partial charge on any atom is 0.302 e. The fourth-order valence-electron chi connectivity index (χ4n) is 4.02. The van der Waals surface area contributed by atoms with Crippen LogP contribution in [0.5, 0.6) is 11.6 Å². The molecule has 4 rings (SSSR count). The van der Waals surface area contributed by atoms with Gasteiger partial charge in [0.25, 0.3) is 0 Å². The zero-order valence-corrected chi connectivity index (χ0v) is 20.7. The quantitative estimate of drug-likeness (QED) is 0.486. The Bertz CT molecular complexity index is 1180. The maximum atomic E-state index is 12.4. The van der Waals surface area contributed by atoms with Gasteiger partial charge in [-0.05, 0) is 50.2 Å². The zero-order valence-electron chi connectivity index (χ0n) is 19.1. The number of aromatic nitrogens is 1. The summed E-state index contributed by atoms with van der Waals surface area (Å²) in [5, 5.41) is 19.7. The van der Waals surface area contributed by atoms with Crippen LogP contribution < -0.4 is 4.74 Å². The highest BCUT2D eigenvalue weighted by molar-refractivity contribution is 9.10. The molecule has 1 aliphatic rings. The molecule has 0 saturated carbocycles. The van der Waals surface area contributed by atoms with Crippen molar-refractivity contribution in [2.45, 2.75) is 20.5 Å². The summed E-state index contributed by atoms with van der Waals surface area (Å²) in [6.45, 7) is 7.96. The number of benzene rings is 2. The first-order chi connectivity index (χ1) is 15.8. The lowest BCUT2D eigenvalue weighted by atomic mass is 10.1. The van der Waals surface area contributed by atoms with E-state index in [1.165, 1.54) is 0 Å². The lowest BCUT2D eigenvalue weighted by molar-refractivity contribution is -0.120. The molecule has 0 spiro atoms. The second-order valence-electron chi connectivity index (χ2n) is 8.43. The molecule has 1 amide bonds. The average molecular weight is 514 g/mol. The van der Waals surface area contributed by atoms with Gasteiger partial charge in [0.05, 0.1) is 12.2 Å². The van der Waals surface area contributed by atoms with Crippen LogP contribution in [0.4, 0.5) is 5.69 Å². The van der Waals surface area contributed by atoms with E-state index < -0.39 is 5.91 Å². The fraction of sp³-hybridized carbons (Fsp3) is 0.375. The predicted molar refractivity (Wildman–Crippen MR) is 131 cm³/mol. The number of likely N-dealkylation sites (N-methyl/N-ethyl adjacent to an activating group) is 1. The fourth-order valence-corrected chi connectivity index (χ4v) is 4.38. The Morgan fingerprint density at radius 2 is 1.82 bits per heavy atom. The van der Waals surface area contributed by atoms with Gasteiger partial charge < -0.3 is 14.7 Å². The molecule has 33 heavy (non-hydrogen) atoms. The predicted octanol–water partition coefficient (Wildman–Crippen LogP) is 4.62. The second-order valence-corrected chi connectivity index (χ2v) is 9.34. The smallest absolute Gasteiger partial charge is 0.302 e. The van der Waals surface area contributed by atoms with Crippen molar-refractivity contribution in [2.75, 3.05) is 39.8 Å². The first kappa shape index (κ1) is 23.4. The molecular weight excluding hydrogens is 486 g/mol. The van der Waals surface area contributed by atoms with Gasteiger partial charge in [0, 0.05) is 36.0 Å². The molecule has 1 saturated heterocycles. The number of halogens is 1. The lowest BCUT2D eigenvalue weighted by Crippen LogP contribution is -2.44. The molecule has 8 nitrogen and oxygen atoms in total. The number of rotatable bonds is 6. The van der Waals surface area contributed by atoms with E-state index in [0.717, 1.165) is 52.7 Å². The number of aromatic hydroxyl groups is 1. The minimum Gasteiger partial charge on any atom is -0.493 e. The topological polar surface area (TPSA) is 82.7 Å². The summed E-state index contributed by atoms with van der Waals surface area (Å²) in [5.74, 6) is 0.151. The molecule has 2 aromatic carbocycles.